The van der Waals surface area contributed by atoms with Crippen molar-refractivity contribution in [1.82, 2.24) is 10.2 Å². The Morgan fingerprint density at radius 3 is 2.50 bits per heavy atom. The first-order chi connectivity index (χ1) is 8.72. The number of carbonyl (C=O) groups excluding carboxylic acids is 2. The topological polar surface area (TPSA) is 75.4 Å². The molecule has 0 aromatic carbocycles. The third-order valence-corrected chi connectivity index (χ3v) is 4.00. The van der Waals surface area contributed by atoms with E-state index in [1.807, 2.05) is 4.90 Å². The van der Waals surface area contributed by atoms with Crippen LogP contribution in [0.2, 0.25) is 0 Å². The van der Waals surface area contributed by atoms with Gasteiger partial charge in [-0.3, -0.25) is 9.59 Å². The molecule has 0 spiro atoms. The number of piperidine rings is 1. The predicted octanol–water partition coefficient (Wildman–Crippen LogP) is 0.1000. The lowest BCUT2D eigenvalue weighted by Gasteiger charge is -2.36. The Bertz CT molecular complexity index is 315. The number of nitrogens with two attached hydrogens (primary N) is 1. The molecule has 1 aliphatic heterocycles. The zero-order chi connectivity index (χ0) is 13.0. The number of hydrogen-bond donors (Lipinski definition) is 2. The lowest BCUT2D eigenvalue weighted by atomic mass is 9.83. The molecule has 1 saturated heterocycles. The molecule has 0 aromatic heterocycles. The Morgan fingerprint density at radius 1 is 1.17 bits per heavy atom. The summed E-state index contributed by atoms with van der Waals surface area (Å²) in [5.74, 6) is 0.495. The van der Waals surface area contributed by atoms with Crippen LogP contribution in [-0.4, -0.2) is 42.9 Å². The maximum atomic E-state index is 12.1. The highest BCUT2D eigenvalue weighted by Gasteiger charge is 2.33. The van der Waals surface area contributed by atoms with Crippen LogP contribution in [0.4, 0.5) is 0 Å². The molecule has 5 nitrogen and oxygen atoms in total. The fraction of sp³-hybridized carbons (Fsp3) is 0.846. The highest BCUT2D eigenvalue weighted by Crippen LogP contribution is 2.30. The Morgan fingerprint density at radius 2 is 1.89 bits per heavy atom. The quantitative estimate of drug-likeness (QED) is 0.746. The summed E-state index contributed by atoms with van der Waals surface area (Å²) >= 11 is 0. The third-order valence-electron chi connectivity index (χ3n) is 4.00. The predicted molar refractivity (Wildman–Crippen MR) is 68.7 cm³/mol. The van der Waals surface area contributed by atoms with Crippen molar-refractivity contribution in [3.63, 3.8) is 0 Å². The maximum absolute atomic E-state index is 12.1. The first kappa shape index (κ1) is 13.3. The summed E-state index contributed by atoms with van der Waals surface area (Å²) in [6.45, 7) is 2.39. The fourth-order valence-corrected chi connectivity index (χ4v) is 2.64. The van der Waals surface area contributed by atoms with E-state index >= 15 is 0 Å². The summed E-state index contributed by atoms with van der Waals surface area (Å²) in [7, 11) is 0. The van der Waals surface area contributed by atoms with Crippen LogP contribution in [0.5, 0.6) is 0 Å². The molecule has 0 bridgehead atoms. The van der Waals surface area contributed by atoms with E-state index in [0.717, 1.165) is 32.2 Å². The van der Waals surface area contributed by atoms with E-state index in [1.54, 1.807) is 0 Å². The van der Waals surface area contributed by atoms with Crippen molar-refractivity contribution < 1.29 is 9.59 Å². The van der Waals surface area contributed by atoms with Gasteiger partial charge in [0.15, 0.2) is 0 Å². The lowest BCUT2D eigenvalue weighted by molar-refractivity contribution is -0.141. The zero-order valence-corrected chi connectivity index (χ0v) is 10.9. The summed E-state index contributed by atoms with van der Waals surface area (Å²) in [6, 6.07) is 0. The first-order valence-corrected chi connectivity index (χ1v) is 6.99. The smallest absolute Gasteiger partial charge is 0.225 e. The molecule has 1 unspecified atom stereocenters. The number of nitrogens with zero attached hydrogens (tertiary/aromatic N) is 1. The van der Waals surface area contributed by atoms with Crippen molar-refractivity contribution in [1.29, 1.82) is 0 Å². The minimum Gasteiger partial charge on any atom is -0.355 e. The van der Waals surface area contributed by atoms with Crippen LogP contribution in [-0.2, 0) is 9.59 Å². The molecule has 18 heavy (non-hydrogen) atoms. The van der Waals surface area contributed by atoms with Crippen LogP contribution in [0.1, 0.15) is 32.1 Å². The Hall–Kier alpha value is -1.10. The van der Waals surface area contributed by atoms with Crippen molar-refractivity contribution in [2.24, 2.45) is 17.6 Å². The van der Waals surface area contributed by atoms with Crippen molar-refractivity contribution in [3.8, 4) is 0 Å². The summed E-state index contributed by atoms with van der Waals surface area (Å²) in [6.07, 6.45) is 5.04. The third kappa shape index (κ3) is 3.02. The molecule has 0 radical (unpaired) electrons. The van der Waals surface area contributed by atoms with Gasteiger partial charge in [-0.2, -0.15) is 0 Å². The van der Waals surface area contributed by atoms with E-state index in [0.29, 0.717) is 19.6 Å². The van der Waals surface area contributed by atoms with Gasteiger partial charge in [-0.25, -0.2) is 0 Å². The maximum Gasteiger partial charge on any atom is 0.225 e. The number of carbonyl (C=O) groups is 2. The molecule has 0 aromatic rings. The Labute approximate surface area is 108 Å². The number of hydrogen-bond acceptors (Lipinski definition) is 3. The molecule has 1 saturated carbocycles. The minimum absolute atomic E-state index is 0.0469. The zero-order valence-electron chi connectivity index (χ0n) is 10.9. The molecular formula is C13H23N3O2. The number of nitrogens with one attached hydrogen (secondary N) is 1. The van der Waals surface area contributed by atoms with Gasteiger partial charge < -0.3 is 16.0 Å². The van der Waals surface area contributed by atoms with Gasteiger partial charge in [0.25, 0.3) is 0 Å². The van der Waals surface area contributed by atoms with Crippen molar-refractivity contribution in [2.45, 2.75) is 32.1 Å². The van der Waals surface area contributed by atoms with Crippen LogP contribution in [0.25, 0.3) is 0 Å². The summed E-state index contributed by atoms with van der Waals surface area (Å²) in [5, 5.41) is 2.82. The molecule has 1 heterocycles. The first-order valence-electron chi connectivity index (χ1n) is 6.99. The van der Waals surface area contributed by atoms with Gasteiger partial charge >= 0.3 is 0 Å². The molecule has 1 aliphatic carbocycles. The average Bonchev–Trinajstić information content (AvgIpc) is 2.34. The van der Waals surface area contributed by atoms with E-state index in [4.69, 9.17) is 5.73 Å². The van der Waals surface area contributed by atoms with Crippen LogP contribution in [0.15, 0.2) is 0 Å². The molecule has 2 fully saturated rings. The molecule has 2 amide bonds. The second-order valence-corrected chi connectivity index (χ2v) is 5.33. The second kappa shape index (κ2) is 6.18. The minimum atomic E-state index is -0.0469. The van der Waals surface area contributed by atoms with Crippen LogP contribution >= 0.6 is 0 Å². The van der Waals surface area contributed by atoms with E-state index in [1.165, 1.54) is 6.42 Å². The number of rotatable bonds is 4. The van der Waals surface area contributed by atoms with E-state index in [9.17, 15) is 9.59 Å². The van der Waals surface area contributed by atoms with Gasteiger partial charge in [0, 0.05) is 32.1 Å². The van der Waals surface area contributed by atoms with E-state index < -0.39 is 0 Å². The Kier molecular flexibility index (Phi) is 4.58. The summed E-state index contributed by atoms with van der Waals surface area (Å²) in [4.78, 5) is 25.9. The Balaban J connectivity index is 1.83. The van der Waals surface area contributed by atoms with Gasteiger partial charge in [-0.1, -0.05) is 6.42 Å². The van der Waals surface area contributed by atoms with E-state index in [2.05, 4.69) is 5.32 Å². The molecule has 2 aliphatic rings. The molecule has 102 valence electrons. The monoisotopic (exact) mass is 253 g/mol. The highest BCUT2D eigenvalue weighted by atomic mass is 16.2. The normalized spacial score (nSPS) is 24.5. The van der Waals surface area contributed by atoms with Gasteiger partial charge in [0.2, 0.25) is 11.8 Å². The fourth-order valence-electron chi connectivity index (χ4n) is 2.64. The van der Waals surface area contributed by atoms with Gasteiger partial charge in [-0.15, -0.1) is 0 Å². The molecule has 5 heteroatoms. The summed E-state index contributed by atoms with van der Waals surface area (Å²) in [5.41, 5.74) is 5.37. The second-order valence-electron chi connectivity index (χ2n) is 5.33. The van der Waals surface area contributed by atoms with Crippen molar-refractivity contribution in [2.75, 3.05) is 26.2 Å². The number of amides is 2. The summed E-state index contributed by atoms with van der Waals surface area (Å²) < 4.78 is 0. The molecule has 2 rings (SSSR count). The largest absolute Gasteiger partial charge is 0.355 e. The van der Waals surface area contributed by atoms with Crippen LogP contribution < -0.4 is 11.1 Å². The number of likely N-dealkylation sites (tertiary alicyclic amines) is 1. The SMILES string of the molecule is NCCNC(=O)C1CCCN(C(=O)C2CCC2)C1. The van der Waals surface area contributed by atoms with Gasteiger partial charge in [0.1, 0.15) is 0 Å². The molecular weight excluding hydrogens is 230 g/mol. The van der Waals surface area contributed by atoms with Gasteiger partial charge in [0.05, 0.1) is 5.92 Å². The van der Waals surface area contributed by atoms with Crippen LogP contribution in [0.3, 0.4) is 0 Å². The molecule has 3 N–H and O–H groups in total. The molecule has 1 atom stereocenters. The standard InChI is InChI=1S/C13H23N3O2/c14-6-7-15-12(17)11-5-2-8-16(9-11)13(18)10-3-1-4-10/h10-11H,1-9,14H2,(H,15,17). The lowest BCUT2D eigenvalue weighted by Crippen LogP contribution is -2.48. The van der Waals surface area contributed by atoms with Crippen molar-refractivity contribution in [3.05, 3.63) is 0 Å². The highest BCUT2D eigenvalue weighted by molar-refractivity contribution is 5.82. The average molecular weight is 253 g/mol. The van der Waals surface area contributed by atoms with Crippen molar-refractivity contribution >= 4 is 11.8 Å². The van der Waals surface area contributed by atoms with Gasteiger partial charge in [-0.05, 0) is 25.7 Å². The van der Waals surface area contributed by atoms with E-state index in [-0.39, 0.29) is 23.7 Å². The van der Waals surface area contributed by atoms with Crippen LogP contribution in [0, 0.1) is 11.8 Å².